The molecule has 4 nitrogen and oxygen atoms in total. The van der Waals surface area contributed by atoms with Crippen LogP contribution in [0.1, 0.15) is 21.5 Å². The molecule has 1 amide bonds. The first-order chi connectivity index (χ1) is 12.6. The number of allylic oxidation sites excluding steroid dienone is 2. The van der Waals surface area contributed by atoms with Crippen molar-refractivity contribution in [1.82, 2.24) is 4.90 Å². The molecule has 2 aliphatic heterocycles. The van der Waals surface area contributed by atoms with E-state index in [-0.39, 0.29) is 5.91 Å². The van der Waals surface area contributed by atoms with Crippen molar-refractivity contribution < 1.29 is 4.79 Å². The molecule has 0 aliphatic carbocycles. The molecule has 0 bridgehead atoms. The maximum atomic E-state index is 12.7. The van der Waals surface area contributed by atoms with Gasteiger partial charge in [0.15, 0.2) is 5.84 Å². The van der Waals surface area contributed by atoms with Crippen molar-refractivity contribution in [1.29, 1.82) is 0 Å². The summed E-state index contributed by atoms with van der Waals surface area (Å²) in [6.07, 6.45) is 6.00. The Morgan fingerprint density at radius 1 is 1.15 bits per heavy atom. The van der Waals surface area contributed by atoms with E-state index >= 15 is 0 Å². The topological polar surface area (TPSA) is 45.0 Å². The molecule has 128 valence electrons. The van der Waals surface area contributed by atoms with Crippen molar-refractivity contribution in [3.05, 3.63) is 91.6 Å². The van der Waals surface area contributed by atoms with Gasteiger partial charge in [0.25, 0.3) is 5.91 Å². The Balaban J connectivity index is 1.82. The van der Waals surface area contributed by atoms with Crippen LogP contribution in [0.15, 0.2) is 84.9 Å². The van der Waals surface area contributed by atoms with Crippen LogP contribution >= 0.6 is 38.5 Å². The van der Waals surface area contributed by atoms with E-state index < -0.39 is 0 Å². The first-order valence-electron chi connectivity index (χ1n) is 7.98. The summed E-state index contributed by atoms with van der Waals surface area (Å²) in [6.45, 7) is 0.690. The Morgan fingerprint density at radius 3 is 2.85 bits per heavy atom. The zero-order chi connectivity index (χ0) is 18.1. The number of amides is 1. The molecule has 0 aromatic heterocycles. The van der Waals surface area contributed by atoms with Gasteiger partial charge in [-0.25, -0.2) is 4.99 Å². The number of hydrogen-bond acceptors (Lipinski definition) is 2. The van der Waals surface area contributed by atoms with Gasteiger partial charge in [-0.05, 0) is 58.5 Å². The number of halogens is 2. The standard InChI is InChI=1S/C20H13BrIN3O/c21-15-6-3-5-13(10-15)20(26)24-19-17-7-2-1-4-14(17)11-25-12-16(22)8-9-18(25)23-19/h1-10,12H,11H2. The number of benzene rings is 2. The highest BCUT2D eigenvalue weighted by atomic mass is 127. The van der Waals surface area contributed by atoms with E-state index in [4.69, 9.17) is 0 Å². The first kappa shape index (κ1) is 17.4. The maximum absolute atomic E-state index is 12.7. The minimum Gasteiger partial charge on any atom is -0.327 e. The van der Waals surface area contributed by atoms with Gasteiger partial charge in [-0.15, -0.1) is 0 Å². The lowest BCUT2D eigenvalue weighted by atomic mass is 10.1. The lowest BCUT2D eigenvalue weighted by Gasteiger charge is -2.21. The van der Waals surface area contributed by atoms with Gasteiger partial charge < -0.3 is 4.90 Å². The third-order valence-corrected chi connectivity index (χ3v) is 5.19. The summed E-state index contributed by atoms with van der Waals surface area (Å²) < 4.78 is 1.97. The molecular weight excluding hydrogens is 505 g/mol. The van der Waals surface area contributed by atoms with Gasteiger partial charge in [0.05, 0.1) is 0 Å². The van der Waals surface area contributed by atoms with Crippen LogP contribution in [-0.4, -0.2) is 22.5 Å². The Labute approximate surface area is 173 Å². The van der Waals surface area contributed by atoms with Crippen LogP contribution < -0.4 is 0 Å². The smallest absolute Gasteiger partial charge is 0.279 e. The molecule has 0 spiro atoms. The Hall–Kier alpha value is -2.06. The van der Waals surface area contributed by atoms with E-state index in [1.807, 2.05) is 48.6 Å². The Bertz CT molecular complexity index is 1020. The van der Waals surface area contributed by atoms with Crippen LogP contribution in [0.5, 0.6) is 0 Å². The van der Waals surface area contributed by atoms with Crippen LogP contribution in [0.2, 0.25) is 0 Å². The van der Waals surface area contributed by atoms with Gasteiger partial charge in [-0.1, -0.05) is 46.3 Å². The minimum atomic E-state index is -0.307. The fourth-order valence-corrected chi connectivity index (χ4v) is 3.75. The molecule has 2 aliphatic rings. The highest BCUT2D eigenvalue weighted by Gasteiger charge is 2.21. The molecule has 2 heterocycles. The highest BCUT2D eigenvalue weighted by Crippen LogP contribution is 2.24. The van der Waals surface area contributed by atoms with Crippen molar-refractivity contribution >= 4 is 56.1 Å². The quantitative estimate of drug-likeness (QED) is 0.494. The zero-order valence-electron chi connectivity index (χ0n) is 13.6. The number of rotatable bonds is 1. The van der Waals surface area contributed by atoms with Crippen LogP contribution in [0.3, 0.4) is 0 Å². The second kappa shape index (κ2) is 7.28. The molecule has 0 radical (unpaired) electrons. The average molecular weight is 518 g/mol. The number of fused-ring (bicyclic) bond motifs is 2. The first-order valence-corrected chi connectivity index (χ1v) is 9.85. The lowest BCUT2D eigenvalue weighted by molar-refractivity contribution is 0.100. The molecule has 4 rings (SSSR count). The normalized spacial score (nSPS) is 17.2. The highest BCUT2D eigenvalue weighted by molar-refractivity contribution is 14.1. The van der Waals surface area contributed by atoms with Gasteiger partial charge in [0, 0.05) is 31.9 Å². The summed E-state index contributed by atoms with van der Waals surface area (Å²) in [7, 11) is 0. The summed E-state index contributed by atoms with van der Waals surface area (Å²) in [6, 6.07) is 15.2. The molecule has 0 fully saturated rings. The molecule has 0 atom stereocenters. The van der Waals surface area contributed by atoms with E-state index in [0.29, 0.717) is 17.9 Å². The van der Waals surface area contributed by atoms with Crippen molar-refractivity contribution in [3.8, 4) is 0 Å². The van der Waals surface area contributed by atoms with Gasteiger partial charge in [0.2, 0.25) is 0 Å². The van der Waals surface area contributed by atoms with Crippen LogP contribution in [0, 0.1) is 0 Å². The Morgan fingerprint density at radius 2 is 2.00 bits per heavy atom. The van der Waals surface area contributed by atoms with Crippen LogP contribution in [0.25, 0.3) is 0 Å². The number of carbonyl (C=O) groups is 1. The van der Waals surface area contributed by atoms with Crippen molar-refractivity contribution in [3.63, 3.8) is 0 Å². The number of hydrogen-bond donors (Lipinski definition) is 0. The summed E-state index contributed by atoms with van der Waals surface area (Å²) >= 11 is 5.68. The average Bonchev–Trinajstić information content (AvgIpc) is 2.78. The molecule has 6 heteroatoms. The fourth-order valence-electron chi connectivity index (χ4n) is 2.83. The van der Waals surface area contributed by atoms with Crippen molar-refractivity contribution in [2.75, 3.05) is 0 Å². The molecule has 26 heavy (non-hydrogen) atoms. The van der Waals surface area contributed by atoms with Crippen LogP contribution in [0.4, 0.5) is 0 Å². The van der Waals surface area contributed by atoms with Gasteiger partial charge in [-0.2, -0.15) is 4.99 Å². The molecule has 0 unspecified atom stereocenters. The molecule has 0 saturated carbocycles. The zero-order valence-corrected chi connectivity index (χ0v) is 17.3. The van der Waals surface area contributed by atoms with E-state index in [1.165, 1.54) is 0 Å². The van der Waals surface area contributed by atoms with Gasteiger partial charge in [0.1, 0.15) is 5.84 Å². The molecular formula is C20H13BrIN3O. The van der Waals surface area contributed by atoms with E-state index in [0.717, 1.165) is 25.0 Å². The number of aliphatic imine (C=N–C) groups is 2. The third kappa shape index (κ3) is 3.57. The molecule has 2 aromatic rings. The van der Waals surface area contributed by atoms with Crippen LogP contribution in [-0.2, 0) is 6.54 Å². The molecule has 0 N–H and O–H groups in total. The van der Waals surface area contributed by atoms with E-state index in [1.54, 1.807) is 12.1 Å². The van der Waals surface area contributed by atoms with Crippen molar-refractivity contribution in [2.24, 2.45) is 9.98 Å². The number of nitrogens with zero attached hydrogens (tertiary/aromatic N) is 3. The van der Waals surface area contributed by atoms with Gasteiger partial charge in [-0.3, -0.25) is 4.79 Å². The summed E-state index contributed by atoms with van der Waals surface area (Å²) in [5, 5.41) is 0. The predicted molar refractivity (Wildman–Crippen MR) is 116 cm³/mol. The lowest BCUT2D eigenvalue weighted by Crippen LogP contribution is -2.24. The minimum absolute atomic E-state index is 0.307. The van der Waals surface area contributed by atoms with Crippen molar-refractivity contribution in [2.45, 2.75) is 6.54 Å². The monoisotopic (exact) mass is 517 g/mol. The van der Waals surface area contributed by atoms with Gasteiger partial charge >= 0.3 is 0 Å². The fraction of sp³-hybridized carbons (Fsp3) is 0.0500. The molecule has 0 saturated heterocycles. The number of amidine groups is 2. The summed E-state index contributed by atoms with van der Waals surface area (Å²) in [4.78, 5) is 23.8. The second-order valence-electron chi connectivity index (χ2n) is 5.85. The largest absolute Gasteiger partial charge is 0.327 e. The summed E-state index contributed by atoms with van der Waals surface area (Å²) in [5.74, 6) is 0.916. The SMILES string of the molecule is O=C(N=C1N=C2C=CC(I)=CN2Cc2ccccc21)c1cccc(Br)c1. The van der Waals surface area contributed by atoms with E-state index in [2.05, 4.69) is 59.6 Å². The van der Waals surface area contributed by atoms with E-state index in [9.17, 15) is 4.79 Å². The summed E-state index contributed by atoms with van der Waals surface area (Å²) in [5.41, 5.74) is 2.50. The Kier molecular flexibility index (Phi) is 4.86. The molecule has 2 aromatic carbocycles. The third-order valence-electron chi connectivity index (χ3n) is 4.06. The second-order valence-corrected chi connectivity index (χ2v) is 8.01. The maximum Gasteiger partial charge on any atom is 0.279 e. The number of carbonyl (C=O) groups excluding carboxylic acids is 1. The predicted octanol–water partition coefficient (Wildman–Crippen LogP) is 5.10.